The Morgan fingerprint density at radius 3 is 2.05 bits per heavy atom. The number of carbonyl (C=O) groups excluding carboxylic acids is 1. The number of thiocarbonyl (C=S) groups is 1. The van der Waals surface area contributed by atoms with Crippen molar-refractivity contribution >= 4 is 23.4 Å². The lowest BCUT2D eigenvalue weighted by atomic mass is 10.0. The van der Waals surface area contributed by atoms with E-state index in [4.69, 9.17) is 22.7 Å². The number of nitrogens with zero attached hydrogens (tertiary/aromatic N) is 3. The first-order valence-corrected chi connectivity index (χ1v) is 8.43. The molecule has 0 aromatic rings. The average molecular weight is 328 g/mol. The van der Waals surface area contributed by atoms with E-state index in [1.807, 2.05) is 25.7 Å². The first-order chi connectivity index (χ1) is 10.3. The number of ether oxygens (including phenoxy) is 1. The zero-order chi connectivity index (χ0) is 16.3. The lowest BCUT2D eigenvalue weighted by Gasteiger charge is -2.42. The van der Waals surface area contributed by atoms with Crippen LogP contribution in [0, 0.1) is 0 Å². The van der Waals surface area contributed by atoms with Gasteiger partial charge in [-0.15, -0.1) is 0 Å². The maximum atomic E-state index is 12.1. The van der Waals surface area contributed by atoms with Crippen LogP contribution in [0.25, 0.3) is 0 Å². The van der Waals surface area contributed by atoms with Gasteiger partial charge in [-0.3, -0.25) is 4.90 Å². The quantitative estimate of drug-likeness (QED) is 0.731. The van der Waals surface area contributed by atoms with E-state index in [1.54, 1.807) is 0 Å². The SMILES string of the molecule is CC(C)(C)OC(=O)N1CCN(C2CCN(C(N)=S)CC2)CC1. The molecule has 0 aliphatic carbocycles. The van der Waals surface area contributed by atoms with Gasteiger partial charge in [0.25, 0.3) is 0 Å². The van der Waals surface area contributed by atoms with E-state index in [-0.39, 0.29) is 6.09 Å². The monoisotopic (exact) mass is 328 g/mol. The highest BCUT2D eigenvalue weighted by atomic mass is 32.1. The average Bonchev–Trinajstić information content (AvgIpc) is 2.46. The highest BCUT2D eigenvalue weighted by Crippen LogP contribution is 2.19. The van der Waals surface area contributed by atoms with Gasteiger partial charge < -0.3 is 20.3 Å². The van der Waals surface area contributed by atoms with Gasteiger partial charge in [-0.1, -0.05) is 0 Å². The summed E-state index contributed by atoms with van der Waals surface area (Å²) in [6.07, 6.45) is 1.98. The molecule has 126 valence electrons. The molecule has 2 fully saturated rings. The third-order valence-electron chi connectivity index (χ3n) is 4.26. The number of hydrogen-bond acceptors (Lipinski definition) is 4. The highest BCUT2D eigenvalue weighted by molar-refractivity contribution is 7.80. The van der Waals surface area contributed by atoms with E-state index < -0.39 is 5.60 Å². The van der Waals surface area contributed by atoms with Crippen molar-refractivity contribution < 1.29 is 9.53 Å². The number of carbonyl (C=O) groups is 1. The molecule has 0 aromatic carbocycles. The Bertz CT molecular complexity index is 408. The molecule has 2 saturated heterocycles. The molecule has 6 nitrogen and oxygen atoms in total. The van der Waals surface area contributed by atoms with Crippen LogP contribution < -0.4 is 5.73 Å². The van der Waals surface area contributed by atoms with E-state index in [1.165, 1.54) is 0 Å². The van der Waals surface area contributed by atoms with E-state index in [2.05, 4.69) is 9.80 Å². The Labute approximate surface area is 138 Å². The first kappa shape index (κ1) is 17.3. The smallest absolute Gasteiger partial charge is 0.410 e. The summed E-state index contributed by atoms with van der Waals surface area (Å²) >= 11 is 5.03. The summed E-state index contributed by atoms with van der Waals surface area (Å²) < 4.78 is 5.43. The molecule has 2 heterocycles. The van der Waals surface area contributed by atoms with Crippen LogP contribution in [-0.2, 0) is 4.74 Å². The van der Waals surface area contributed by atoms with Crippen molar-refractivity contribution in [3.63, 3.8) is 0 Å². The number of rotatable bonds is 1. The summed E-state index contributed by atoms with van der Waals surface area (Å²) in [5.74, 6) is 0. The van der Waals surface area contributed by atoms with Crippen LogP contribution >= 0.6 is 12.2 Å². The first-order valence-electron chi connectivity index (χ1n) is 8.02. The molecular formula is C15H28N4O2S. The van der Waals surface area contributed by atoms with E-state index in [0.29, 0.717) is 11.2 Å². The summed E-state index contributed by atoms with van der Waals surface area (Å²) in [5, 5.41) is 0.508. The Morgan fingerprint density at radius 1 is 1.05 bits per heavy atom. The topological polar surface area (TPSA) is 62.0 Å². The molecule has 7 heteroatoms. The molecule has 2 aliphatic heterocycles. The molecule has 2 N–H and O–H groups in total. The molecule has 2 rings (SSSR count). The van der Waals surface area contributed by atoms with Gasteiger partial charge in [0.2, 0.25) is 0 Å². The molecular weight excluding hydrogens is 300 g/mol. The largest absolute Gasteiger partial charge is 0.444 e. The lowest BCUT2D eigenvalue weighted by Crippen LogP contribution is -2.55. The van der Waals surface area contributed by atoms with Crippen molar-refractivity contribution in [2.75, 3.05) is 39.3 Å². The summed E-state index contributed by atoms with van der Waals surface area (Å²) in [4.78, 5) is 18.4. The van der Waals surface area contributed by atoms with Crippen LogP contribution in [0.5, 0.6) is 0 Å². The minimum atomic E-state index is -0.429. The van der Waals surface area contributed by atoms with Crippen molar-refractivity contribution in [2.24, 2.45) is 5.73 Å². The standard InChI is InChI=1S/C15H28N4O2S/c1-15(2,3)21-14(20)19-10-8-17(9-11-19)12-4-6-18(7-5-12)13(16)22/h12H,4-11H2,1-3H3,(H2,16,22). The predicted octanol–water partition coefficient (Wildman–Crippen LogP) is 1.25. The third-order valence-corrected chi connectivity index (χ3v) is 4.52. The molecule has 0 saturated carbocycles. The van der Waals surface area contributed by atoms with Gasteiger partial charge in [0, 0.05) is 45.3 Å². The van der Waals surface area contributed by atoms with Crippen LogP contribution in [0.4, 0.5) is 4.79 Å². The van der Waals surface area contributed by atoms with Crippen molar-refractivity contribution in [3.8, 4) is 0 Å². The Morgan fingerprint density at radius 2 is 1.59 bits per heavy atom. The normalized spacial score (nSPS) is 21.8. The molecule has 1 amide bonds. The highest BCUT2D eigenvalue weighted by Gasteiger charge is 2.30. The fourth-order valence-electron chi connectivity index (χ4n) is 3.05. The number of piperidine rings is 1. The van der Waals surface area contributed by atoms with Crippen LogP contribution in [0.1, 0.15) is 33.6 Å². The molecule has 0 bridgehead atoms. The lowest BCUT2D eigenvalue weighted by molar-refractivity contribution is 0.00731. The van der Waals surface area contributed by atoms with Crippen LogP contribution in [0.3, 0.4) is 0 Å². The number of piperazine rings is 1. The summed E-state index contributed by atoms with van der Waals surface area (Å²) in [5.41, 5.74) is 5.25. The second-order valence-corrected chi connectivity index (χ2v) is 7.48. The number of amides is 1. The Kier molecular flexibility index (Phi) is 5.50. The van der Waals surface area contributed by atoms with E-state index in [0.717, 1.165) is 52.1 Å². The van der Waals surface area contributed by atoms with Crippen molar-refractivity contribution in [1.29, 1.82) is 0 Å². The van der Waals surface area contributed by atoms with E-state index >= 15 is 0 Å². The zero-order valence-electron chi connectivity index (χ0n) is 13.9. The molecule has 0 aromatic heterocycles. The van der Waals surface area contributed by atoms with Crippen molar-refractivity contribution in [2.45, 2.75) is 45.3 Å². The van der Waals surface area contributed by atoms with E-state index in [9.17, 15) is 4.79 Å². The van der Waals surface area contributed by atoms with Crippen molar-refractivity contribution in [3.05, 3.63) is 0 Å². The minimum absolute atomic E-state index is 0.199. The van der Waals surface area contributed by atoms with Gasteiger partial charge in [0.15, 0.2) is 5.11 Å². The summed E-state index contributed by atoms with van der Waals surface area (Å²) in [7, 11) is 0. The van der Waals surface area contributed by atoms with Gasteiger partial charge in [-0.25, -0.2) is 4.79 Å². The number of nitrogens with two attached hydrogens (primary N) is 1. The molecule has 22 heavy (non-hydrogen) atoms. The second-order valence-electron chi connectivity index (χ2n) is 7.06. The maximum absolute atomic E-state index is 12.1. The fourth-order valence-corrected chi connectivity index (χ4v) is 3.23. The van der Waals surface area contributed by atoms with Gasteiger partial charge in [-0.05, 0) is 45.8 Å². The van der Waals surface area contributed by atoms with Crippen LogP contribution in [0.15, 0.2) is 0 Å². The summed E-state index contributed by atoms with van der Waals surface area (Å²) in [6.45, 7) is 10.9. The van der Waals surface area contributed by atoms with Gasteiger partial charge in [0.05, 0.1) is 0 Å². The van der Waals surface area contributed by atoms with Gasteiger partial charge >= 0.3 is 6.09 Å². The second kappa shape index (κ2) is 7.00. The molecule has 2 aliphatic rings. The Balaban J connectivity index is 1.76. The van der Waals surface area contributed by atoms with Crippen LogP contribution in [-0.4, -0.2) is 76.8 Å². The molecule has 0 radical (unpaired) electrons. The molecule has 0 atom stereocenters. The van der Waals surface area contributed by atoms with Gasteiger partial charge in [0.1, 0.15) is 5.60 Å². The van der Waals surface area contributed by atoms with Gasteiger partial charge in [-0.2, -0.15) is 0 Å². The maximum Gasteiger partial charge on any atom is 0.410 e. The predicted molar refractivity (Wildman–Crippen MR) is 90.8 cm³/mol. The number of hydrogen-bond donors (Lipinski definition) is 1. The summed E-state index contributed by atoms with van der Waals surface area (Å²) in [6, 6.07) is 0.575. The van der Waals surface area contributed by atoms with Crippen molar-refractivity contribution in [1.82, 2.24) is 14.7 Å². The third kappa shape index (κ3) is 4.71. The fraction of sp³-hybridized carbons (Fsp3) is 0.867. The molecule has 0 unspecified atom stereocenters. The molecule has 0 spiro atoms. The van der Waals surface area contributed by atoms with Crippen LogP contribution in [0.2, 0.25) is 0 Å². The number of likely N-dealkylation sites (tertiary alicyclic amines) is 1. The Hall–Kier alpha value is -1.08. The zero-order valence-corrected chi connectivity index (χ0v) is 14.7. The minimum Gasteiger partial charge on any atom is -0.444 e.